The van der Waals surface area contributed by atoms with Gasteiger partial charge in [0.2, 0.25) is 17.6 Å². The van der Waals surface area contributed by atoms with E-state index in [1.807, 2.05) is 17.5 Å². The zero-order valence-electron chi connectivity index (χ0n) is 15.2. The van der Waals surface area contributed by atoms with Crippen molar-refractivity contribution < 1.29 is 9.32 Å². The molecule has 7 heteroatoms. The fraction of sp³-hybridized carbons (Fsp3) is 0.350. The van der Waals surface area contributed by atoms with Crippen LogP contribution in [0.4, 0.5) is 0 Å². The van der Waals surface area contributed by atoms with E-state index in [-0.39, 0.29) is 18.5 Å². The number of nitrogens with zero attached hydrogens (tertiary/aromatic N) is 3. The Morgan fingerprint density at radius 3 is 3.11 bits per heavy atom. The molecule has 0 bridgehead atoms. The molecule has 1 aliphatic rings. The van der Waals surface area contributed by atoms with E-state index < -0.39 is 0 Å². The number of benzene rings is 1. The van der Waals surface area contributed by atoms with Crippen LogP contribution < -0.4 is 5.32 Å². The fourth-order valence-electron chi connectivity index (χ4n) is 3.47. The third-order valence-electron chi connectivity index (χ3n) is 4.76. The van der Waals surface area contributed by atoms with Gasteiger partial charge >= 0.3 is 0 Å². The Kier molecular flexibility index (Phi) is 5.31. The van der Waals surface area contributed by atoms with Crippen LogP contribution in [0.25, 0.3) is 10.7 Å². The molecule has 2 aromatic heterocycles. The topological polar surface area (TPSA) is 71.3 Å². The summed E-state index contributed by atoms with van der Waals surface area (Å²) >= 11 is 1.56. The lowest BCUT2D eigenvalue weighted by Gasteiger charge is -2.23. The van der Waals surface area contributed by atoms with E-state index in [9.17, 15) is 4.79 Å². The third kappa shape index (κ3) is 4.26. The number of likely N-dealkylation sites (tertiary alicyclic amines) is 1. The Balaban J connectivity index is 1.34. The number of carbonyl (C=O) groups excluding carboxylic acids is 1. The van der Waals surface area contributed by atoms with Crippen molar-refractivity contribution >= 4 is 17.2 Å². The van der Waals surface area contributed by atoms with Crippen molar-refractivity contribution in [2.24, 2.45) is 0 Å². The molecule has 1 aliphatic heterocycles. The summed E-state index contributed by atoms with van der Waals surface area (Å²) in [5, 5.41) is 8.90. The Bertz CT molecular complexity index is 906. The van der Waals surface area contributed by atoms with Crippen molar-refractivity contribution in [2.45, 2.75) is 38.9 Å². The van der Waals surface area contributed by atoms with E-state index >= 15 is 0 Å². The lowest BCUT2D eigenvalue weighted by molar-refractivity contribution is -0.125. The zero-order valence-corrected chi connectivity index (χ0v) is 16.0. The van der Waals surface area contributed by atoms with Crippen LogP contribution in [-0.4, -0.2) is 33.5 Å². The van der Waals surface area contributed by atoms with Crippen molar-refractivity contribution in [3.05, 3.63) is 58.8 Å². The number of aromatic nitrogens is 2. The Morgan fingerprint density at radius 2 is 2.30 bits per heavy atom. The van der Waals surface area contributed by atoms with Crippen LogP contribution in [0, 0.1) is 6.92 Å². The molecule has 3 aromatic rings. The number of carbonyl (C=O) groups is 1. The average Bonchev–Trinajstić information content (AvgIpc) is 3.40. The maximum absolute atomic E-state index is 12.7. The molecular formula is C20H22N4O2S. The highest BCUT2D eigenvalue weighted by Crippen LogP contribution is 2.22. The second kappa shape index (κ2) is 8.02. The first kappa shape index (κ1) is 17.9. The number of aryl methyl sites for hydroxylation is 1. The summed E-state index contributed by atoms with van der Waals surface area (Å²) in [6.45, 7) is 4.08. The molecule has 0 radical (unpaired) electrons. The molecule has 1 amide bonds. The second-order valence-electron chi connectivity index (χ2n) is 6.82. The van der Waals surface area contributed by atoms with E-state index in [2.05, 4.69) is 51.5 Å². The highest BCUT2D eigenvalue weighted by molar-refractivity contribution is 7.13. The largest absolute Gasteiger partial charge is 0.346 e. The van der Waals surface area contributed by atoms with E-state index in [0.717, 1.165) is 30.8 Å². The van der Waals surface area contributed by atoms with Gasteiger partial charge in [-0.1, -0.05) is 41.1 Å². The van der Waals surface area contributed by atoms with Gasteiger partial charge in [0.05, 0.1) is 17.5 Å². The van der Waals surface area contributed by atoms with Gasteiger partial charge in [0.25, 0.3) is 0 Å². The first-order valence-electron chi connectivity index (χ1n) is 9.13. The van der Waals surface area contributed by atoms with Crippen LogP contribution in [0.15, 0.2) is 46.3 Å². The van der Waals surface area contributed by atoms with Gasteiger partial charge in [-0.3, -0.25) is 9.69 Å². The van der Waals surface area contributed by atoms with Crippen LogP contribution in [0.1, 0.15) is 29.9 Å². The predicted octanol–water partition coefficient (Wildman–Crippen LogP) is 3.39. The summed E-state index contributed by atoms with van der Waals surface area (Å²) in [7, 11) is 0. The lowest BCUT2D eigenvalue weighted by atomic mass is 10.1. The van der Waals surface area contributed by atoms with Gasteiger partial charge in [-0.15, -0.1) is 11.3 Å². The van der Waals surface area contributed by atoms with Crippen LogP contribution in [0.5, 0.6) is 0 Å². The molecule has 140 valence electrons. The molecule has 0 saturated carbocycles. The molecule has 1 atom stereocenters. The molecule has 1 unspecified atom stereocenters. The van der Waals surface area contributed by atoms with Gasteiger partial charge < -0.3 is 9.84 Å². The molecule has 1 aromatic carbocycles. The highest BCUT2D eigenvalue weighted by atomic mass is 32.1. The summed E-state index contributed by atoms with van der Waals surface area (Å²) in [4.78, 5) is 20.2. The predicted molar refractivity (Wildman–Crippen MR) is 104 cm³/mol. The summed E-state index contributed by atoms with van der Waals surface area (Å²) < 4.78 is 5.25. The minimum atomic E-state index is -0.106. The van der Waals surface area contributed by atoms with Crippen molar-refractivity contribution in [2.75, 3.05) is 6.54 Å². The third-order valence-corrected chi connectivity index (χ3v) is 5.62. The minimum absolute atomic E-state index is 0.0241. The Hall–Kier alpha value is -2.51. The van der Waals surface area contributed by atoms with Crippen molar-refractivity contribution in [1.29, 1.82) is 0 Å². The van der Waals surface area contributed by atoms with E-state index in [0.29, 0.717) is 11.7 Å². The van der Waals surface area contributed by atoms with E-state index in [4.69, 9.17) is 4.52 Å². The van der Waals surface area contributed by atoms with Crippen molar-refractivity contribution in [3.63, 3.8) is 0 Å². The molecule has 0 spiro atoms. The maximum Gasteiger partial charge on any atom is 0.246 e. The number of rotatable bonds is 6. The molecule has 4 rings (SSSR count). The number of amides is 1. The SMILES string of the molecule is Cc1cccc(CN2CCCC2C(=O)NCc2nc(-c3cccs3)no2)c1. The van der Waals surface area contributed by atoms with Gasteiger partial charge in [0.1, 0.15) is 0 Å². The molecular weight excluding hydrogens is 360 g/mol. The molecule has 1 N–H and O–H groups in total. The number of hydrogen-bond donors (Lipinski definition) is 1. The molecule has 0 aliphatic carbocycles. The van der Waals surface area contributed by atoms with Gasteiger partial charge in [0.15, 0.2) is 0 Å². The van der Waals surface area contributed by atoms with E-state index in [1.54, 1.807) is 11.3 Å². The summed E-state index contributed by atoms with van der Waals surface area (Å²) in [5.74, 6) is 1.02. The van der Waals surface area contributed by atoms with Gasteiger partial charge in [0, 0.05) is 6.54 Å². The van der Waals surface area contributed by atoms with Gasteiger partial charge in [-0.25, -0.2) is 0 Å². The molecule has 6 nitrogen and oxygen atoms in total. The fourth-order valence-corrected chi connectivity index (χ4v) is 4.12. The van der Waals surface area contributed by atoms with Crippen LogP contribution >= 0.6 is 11.3 Å². The first-order valence-corrected chi connectivity index (χ1v) is 10.0. The van der Waals surface area contributed by atoms with E-state index in [1.165, 1.54) is 11.1 Å². The quantitative estimate of drug-likeness (QED) is 0.708. The van der Waals surface area contributed by atoms with Crippen molar-refractivity contribution in [3.8, 4) is 10.7 Å². The normalized spacial score (nSPS) is 17.3. The molecule has 27 heavy (non-hydrogen) atoms. The smallest absolute Gasteiger partial charge is 0.246 e. The summed E-state index contributed by atoms with van der Waals surface area (Å²) in [6.07, 6.45) is 1.91. The lowest BCUT2D eigenvalue weighted by Crippen LogP contribution is -2.42. The van der Waals surface area contributed by atoms with Gasteiger partial charge in [-0.2, -0.15) is 4.98 Å². The van der Waals surface area contributed by atoms with Crippen molar-refractivity contribution in [1.82, 2.24) is 20.4 Å². The first-order chi connectivity index (χ1) is 13.2. The van der Waals surface area contributed by atoms with Gasteiger partial charge in [-0.05, 0) is 43.3 Å². The summed E-state index contributed by atoms with van der Waals surface area (Å²) in [6, 6.07) is 12.2. The molecule has 3 heterocycles. The monoisotopic (exact) mass is 382 g/mol. The second-order valence-corrected chi connectivity index (χ2v) is 7.77. The zero-order chi connectivity index (χ0) is 18.6. The number of hydrogen-bond acceptors (Lipinski definition) is 6. The number of thiophene rings is 1. The van der Waals surface area contributed by atoms with Crippen LogP contribution in [-0.2, 0) is 17.9 Å². The standard InChI is InChI=1S/C20H22N4O2S/c1-14-5-2-6-15(11-14)13-24-9-3-7-16(24)20(25)21-12-18-22-19(23-26-18)17-8-4-10-27-17/h2,4-6,8,10-11,16H,3,7,9,12-13H2,1H3,(H,21,25). The molecule has 1 saturated heterocycles. The van der Waals surface area contributed by atoms with Crippen LogP contribution in [0.2, 0.25) is 0 Å². The van der Waals surface area contributed by atoms with Crippen LogP contribution in [0.3, 0.4) is 0 Å². The average molecular weight is 382 g/mol. The maximum atomic E-state index is 12.7. The summed E-state index contributed by atoms with van der Waals surface area (Å²) in [5.41, 5.74) is 2.48. The Labute approximate surface area is 162 Å². The molecule has 1 fully saturated rings. The number of nitrogens with one attached hydrogen (secondary N) is 1. The Morgan fingerprint density at radius 1 is 1.37 bits per heavy atom. The minimum Gasteiger partial charge on any atom is -0.346 e. The highest BCUT2D eigenvalue weighted by Gasteiger charge is 2.30.